The van der Waals surface area contributed by atoms with E-state index in [4.69, 9.17) is 11.6 Å². The van der Waals surface area contributed by atoms with Gasteiger partial charge in [-0.25, -0.2) is 0 Å². The van der Waals surface area contributed by atoms with E-state index in [9.17, 15) is 4.79 Å². The van der Waals surface area contributed by atoms with E-state index in [2.05, 4.69) is 21.2 Å². The maximum Gasteiger partial charge on any atom is 0.229 e. The Morgan fingerprint density at radius 2 is 1.93 bits per heavy atom. The number of benzene rings is 1. The zero-order valence-electron chi connectivity index (χ0n) is 8.90. The third kappa shape index (κ3) is 3.84. The standard InChI is InChI=1S/C11H13BrClNO/c1-11(2,3)10(15)14-9-5-7(12)4-8(13)6-9/h4-6H,1-3H3,(H,14,15). The number of nitrogens with one attached hydrogen (secondary N) is 1. The van der Waals surface area contributed by atoms with E-state index in [-0.39, 0.29) is 5.91 Å². The molecule has 0 unspecified atom stereocenters. The Morgan fingerprint density at radius 3 is 2.40 bits per heavy atom. The highest BCUT2D eigenvalue weighted by molar-refractivity contribution is 9.10. The average Bonchev–Trinajstić information content (AvgIpc) is 1.99. The van der Waals surface area contributed by atoms with Crippen molar-refractivity contribution in [2.75, 3.05) is 5.32 Å². The smallest absolute Gasteiger partial charge is 0.229 e. The van der Waals surface area contributed by atoms with Gasteiger partial charge >= 0.3 is 0 Å². The fourth-order valence-corrected chi connectivity index (χ4v) is 1.80. The summed E-state index contributed by atoms with van der Waals surface area (Å²) in [5.41, 5.74) is 0.295. The van der Waals surface area contributed by atoms with Crippen LogP contribution in [0.25, 0.3) is 0 Å². The summed E-state index contributed by atoms with van der Waals surface area (Å²) >= 11 is 9.18. The number of hydrogen-bond acceptors (Lipinski definition) is 1. The molecule has 0 aliphatic heterocycles. The van der Waals surface area contributed by atoms with Gasteiger partial charge in [0.2, 0.25) is 5.91 Å². The summed E-state index contributed by atoms with van der Waals surface area (Å²) < 4.78 is 0.846. The van der Waals surface area contributed by atoms with Gasteiger partial charge < -0.3 is 5.32 Å². The molecule has 0 aliphatic carbocycles. The van der Waals surface area contributed by atoms with Gasteiger partial charge in [0, 0.05) is 20.6 Å². The van der Waals surface area contributed by atoms with Crippen LogP contribution in [0.1, 0.15) is 20.8 Å². The van der Waals surface area contributed by atoms with Gasteiger partial charge in [-0.3, -0.25) is 4.79 Å². The Morgan fingerprint density at radius 1 is 1.33 bits per heavy atom. The van der Waals surface area contributed by atoms with Crippen LogP contribution in [0.3, 0.4) is 0 Å². The summed E-state index contributed by atoms with van der Waals surface area (Å²) in [6, 6.07) is 5.31. The summed E-state index contributed by atoms with van der Waals surface area (Å²) in [5.74, 6) is -0.0309. The molecule has 1 aromatic rings. The van der Waals surface area contributed by atoms with Crippen LogP contribution in [-0.2, 0) is 4.79 Å². The first-order valence-corrected chi connectivity index (χ1v) is 5.74. The van der Waals surface area contributed by atoms with Gasteiger partial charge in [-0.15, -0.1) is 0 Å². The van der Waals surface area contributed by atoms with Crippen molar-refractivity contribution in [3.05, 3.63) is 27.7 Å². The normalized spacial score (nSPS) is 11.3. The SMILES string of the molecule is CC(C)(C)C(=O)Nc1cc(Cl)cc(Br)c1. The van der Waals surface area contributed by atoms with Crippen LogP contribution in [0.2, 0.25) is 5.02 Å². The molecule has 15 heavy (non-hydrogen) atoms. The van der Waals surface area contributed by atoms with E-state index in [0.717, 1.165) is 4.47 Å². The van der Waals surface area contributed by atoms with Crippen LogP contribution >= 0.6 is 27.5 Å². The van der Waals surface area contributed by atoms with Crippen molar-refractivity contribution in [1.29, 1.82) is 0 Å². The minimum Gasteiger partial charge on any atom is -0.326 e. The van der Waals surface area contributed by atoms with Crippen LogP contribution in [-0.4, -0.2) is 5.91 Å². The van der Waals surface area contributed by atoms with Crippen molar-refractivity contribution >= 4 is 39.1 Å². The highest BCUT2D eigenvalue weighted by atomic mass is 79.9. The topological polar surface area (TPSA) is 29.1 Å². The average molecular weight is 291 g/mol. The second kappa shape index (κ2) is 4.54. The summed E-state index contributed by atoms with van der Waals surface area (Å²) in [4.78, 5) is 11.7. The van der Waals surface area contributed by atoms with E-state index in [0.29, 0.717) is 10.7 Å². The zero-order valence-corrected chi connectivity index (χ0v) is 11.2. The van der Waals surface area contributed by atoms with E-state index in [1.165, 1.54) is 0 Å². The van der Waals surface area contributed by atoms with Gasteiger partial charge in [0.1, 0.15) is 0 Å². The van der Waals surface area contributed by atoms with Crippen molar-refractivity contribution in [2.45, 2.75) is 20.8 Å². The number of carbonyl (C=O) groups excluding carboxylic acids is 1. The molecule has 0 fully saturated rings. The molecule has 1 aromatic carbocycles. The van der Waals surface area contributed by atoms with Crippen molar-refractivity contribution < 1.29 is 4.79 Å². The van der Waals surface area contributed by atoms with E-state index >= 15 is 0 Å². The fourth-order valence-electron chi connectivity index (χ4n) is 0.945. The lowest BCUT2D eigenvalue weighted by molar-refractivity contribution is -0.123. The van der Waals surface area contributed by atoms with Crippen molar-refractivity contribution in [3.8, 4) is 0 Å². The van der Waals surface area contributed by atoms with Gasteiger partial charge in [-0.2, -0.15) is 0 Å². The van der Waals surface area contributed by atoms with E-state index in [1.807, 2.05) is 26.8 Å². The molecule has 2 nitrogen and oxygen atoms in total. The molecule has 0 radical (unpaired) electrons. The summed E-state index contributed by atoms with van der Waals surface area (Å²) in [7, 11) is 0. The zero-order chi connectivity index (χ0) is 11.6. The molecular weight excluding hydrogens is 277 g/mol. The van der Waals surface area contributed by atoms with Gasteiger partial charge in [-0.05, 0) is 18.2 Å². The highest BCUT2D eigenvalue weighted by Gasteiger charge is 2.21. The first-order chi connectivity index (χ1) is 6.79. The first kappa shape index (κ1) is 12.5. The molecule has 1 amide bonds. The quantitative estimate of drug-likeness (QED) is 0.829. The predicted octanol–water partition coefficient (Wildman–Crippen LogP) is 4.09. The van der Waals surface area contributed by atoms with Gasteiger partial charge in [0.15, 0.2) is 0 Å². The lowest BCUT2D eigenvalue weighted by Gasteiger charge is -2.17. The van der Waals surface area contributed by atoms with Gasteiger partial charge in [0.05, 0.1) is 0 Å². The summed E-state index contributed by atoms with van der Waals surface area (Å²) in [6.07, 6.45) is 0. The lowest BCUT2D eigenvalue weighted by Crippen LogP contribution is -2.27. The molecule has 0 bridgehead atoms. The van der Waals surface area contributed by atoms with Crippen molar-refractivity contribution in [1.82, 2.24) is 0 Å². The van der Waals surface area contributed by atoms with E-state index in [1.54, 1.807) is 12.1 Å². The van der Waals surface area contributed by atoms with Crippen molar-refractivity contribution in [3.63, 3.8) is 0 Å². The molecule has 0 spiro atoms. The molecule has 0 aromatic heterocycles. The Bertz CT molecular complexity index is 364. The summed E-state index contributed by atoms with van der Waals surface area (Å²) in [5, 5.41) is 3.40. The molecule has 0 aliphatic rings. The third-order valence-corrected chi connectivity index (χ3v) is 2.48. The van der Waals surface area contributed by atoms with Crippen LogP contribution in [0.4, 0.5) is 5.69 Å². The Kier molecular flexibility index (Phi) is 3.79. The molecule has 0 saturated carbocycles. The summed E-state index contributed by atoms with van der Waals surface area (Å²) in [6.45, 7) is 5.59. The van der Waals surface area contributed by atoms with Crippen LogP contribution in [0.15, 0.2) is 22.7 Å². The van der Waals surface area contributed by atoms with Crippen LogP contribution in [0.5, 0.6) is 0 Å². The van der Waals surface area contributed by atoms with Crippen molar-refractivity contribution in [2.24, 2.45) is 5.41 Å². The lowest BCUT2D eigenvalue weighted by atomic mass is 9.95. The predicted molar refractivity (Wildman–Crippen MR) is 67.2 cm³/mol. The monoisotopic (exact) mass is 289 g/mol. The molecule has 0 atom stereocenters. The molecule has 82 valence electrons. The second-order valence-corrected chi connectivity index (χ2v) is 5.71. The Hall–Kier alpha value is -0.540. The molecule has 0 saturated heterocycles. The molecule has 0 heterocycles. The highest BCUT2D eigenvalue weighted by Crippen LogP contribution is 2.24. The van der Waals surface area contributed by atoms with Gasteiger partial charge in [0.25, 0.3) is 0 Å². The number of rotatable bonds is 1. The minimum atomic E-state index is -0.408. The number of anilines is 1. The van der Waals surface area contributed by atoms with E-state index < -0.39 is 5.41 Å². The fraction of sp³-hybridized carbons (Fsp3) is 0.364. The maximum atomic E-state index is 11.7. The number of amides is 1. The second-order valence-electron chi connectivity index (χ2n) is 4.36. The molecular formula is C11H13BrClNO. The Balaban J connectivity index is 2.86. The largest absolute Gasteiger partial charge is 0.326 e. The van der Waals surface area contributed by atoms with Crippen LogP contribution in [0, 0.1) is 5.41 Å². The first-order valence-electron chi connectivity index (χ1n) is 4.56. The van der Waals surface area contributed by atoms with Gasteiger partial charge in [-0.1, -0.05) is 48.3 Å². The molecule has 4 heteroatoms. The maximum absolute atomic E-state index is 11.7. The number of halogens is 2. The molecule has 1 rings (SSSR count). The Labute approximate surface area is 103 Å². The minimum absolute atomic E-state index is 0.0309. The van der Waals surface area contributed by atoms with Crippen LogP contribution < -0.4 is 5.32 Å². The number of hydrogen-bond donors (Lipinski definition) is 1. The third-order valence-electron chi connectivity index (χ3n) is 1.80. The number of carbonyl (C=O) groups is 1. The molecule has 1 N–H and O–H groups in total.